The molecule has 28 heavy (non-hydrogen) atoms. The van der Waals surface area contributed by atoms with Crippen molar-refractivity contribution in [2.75, 3.05) is 13.2 Å². The molecule has 4 N–H and O–H groups in total. The Labute approximate surface area is 169 Å². The number of unbranched alkanes of at least 4 members (excludes halogenated alkanes) is 1. The molecular formula is C21H41NO6. The molecular weight excluding hydrogens is 362 g/mol. The third kappa shape index (κ3) is 8.33. The summed E-state index contributed by atoms with van der Waals surface area (Å²) in [4.78, 5) is 12.5. The van der Waals surface area contributed by atoms with Crippen molar-refractivity contribution in [2.24, 2.45) is 17.8 Å². The lowest BCUT2D eigenvalue weighted by Crippen LogP contribution is -2.58. The number of rotatable bonds is 10. The summed E-state index contributed by atoms with van der Waals surface area (Å²) in [5.74, 6) is -0.0789. The van der Waals surface area contributed by atoms with E-state index in [-0.39, 0.29) is 24.4 Å². The smallest absolute Gasteiger partial charge is 0.309 e. The standard InChI is InChI=1S/C21H41NO6/c1-13(2)11-15(20(26)28-21(4,5)6)9-7-8-10-22-19-14(3)17(24)18(25)16(12-23)27-19/h13-19,22-25H,7-12H2,1-6H3. The maximum atomic E-state index is 12.5. The van der Waals surface area contributed by atoms with E-state index in [0.29, 0.717) is 12.5 Å². The Morgan fingerprint density at radius 2 is 1.82 bits per heavy atom. The van der Waals surface area contributed by atoms with Crippen molar-refractivity contribution >= 4 is 5.97 Å². The number of aliphatic hydroxyl groups is 3. The molecule has 0 spiro atoms. The highest BCUT2D eigenvalue weighted by Crippen LogP contribution is 2.25. The molecule has 0 bridgehead atoms. The molecule has 0 aliphatic carbocycles. The molecule has 1 heterocycles. The Bertz CT molecular complexity index is 462. The molecule has 166 valence electrons. The molecule has 7 nitrogen and oxygen atoms in total. The summed E-state index contributed by atoms with van der Waals surface area (Å²) in [6.07, 6.45) is 0.0871. The summed E-state index contributed by atoms with van der Waals surface area (Å²) >= 11 is 0. The fourth-order valence-electron chi connectivity index (χ4n) is 3.53. The van der Waals surface area contributed by atoms with E-state index < -0.39 is 30.1 Å². The van der Waals surface area contributed by atoms with Crippen LogP contribution >= 0.6 is 0 Å². The van der Waals surface area contributed by atoms with E-state index in [1.807, 2.05) is 20.8 Å². The second-order valence-electron chi connectivity index (χ2n) is 9.43. The molecule has 1 rings (SSSR count). The molecule has 1 saturated heterocycles. The zero-order valence-corrected chi connectivity index (χ0v) is 18.4. The van der Waals surface area contributed by atoms with Crippen LogP contribution in [-0.4, -0.2) is 64.6 Å². The first-order valence-corrected chi connectivity index (χ1v) is 10.5. The van der Waals surface area contributed by atoms with Crippen LogP contribution in [0.2, 0.25) is 0 Å². The van der Waals surface area contributed by atoms with Gasteiger partial charge in [-0.2, -0.15) is 0 Å². The van der Waals surface area contributed by atoms with Crippen molar-refractivity contribution in [1.82, 2.24) is 5.32 Å². The van der Waals surface area contributed by atoms with E-state index in [9.17, 15) is 20.1 Å². The van der Waals surface area contributed by atoms with Gasteiger partial charge in [-0.3, -0.25) is 10.1 Å². The average molecular weight is 404 g/mol. The van der Waals surface area contributed by atoms with E-state index in [1.165, 1.54) is 0 Å². The van der Waals surface area contributed by atoms with Crippen LogP contribution in [0.15, 0.2) is 0 Å². The highest BCUT2D eigenvalue weighted by Gasteiger charge is 2.41. The lowest BCUT2D eigenvalue weighted by Gasteiger charge is -2.41. The molecule has 6 unspecified atom stereocenters. The number of esters is 1. The first-order chi connectivity index (χ1) is 13.0. The summed E-state index contributed by atoms with van der Waals surface area (Å²) < 4.78 is 11.2. The Balaban J connectivity index is 2.43. The van der Waals surface area contributed by atoms with Gasteiger partial charge in [0, 0.05) is 5.92 Å². The lowest BCUT2D eigenvalue weighted by atomic mass is 9.91. The molecule has 1 fully saturated rings. The zero-order chi connectivity index (χ0) is 21.5. The molecule has 0 amide bonds. The van der Waals surface area contributed by atoms with Crippen molar-refractivity contribution in [2.45, 2.75) is 97.4 Å². The van der Waals surface area contributed by atoms with E-state index in [2.05, 4.69) is 19.2 Å². The summed E-state index contributed by atoms with van der Waals surface area (Å²) in [5, 5.41) is 32.5. The molecule has 1 aliphatic rings. The monoisotopic (exact) mass is 403 g/mol. The second kappa shape index (κ2) is 11.5. The molecule has 1 aliphatic heterocycles. The van der Waals surface area contributed by atoms with Crippen molar-refractivity contribution < 1.29 is 29.6 Å². The predicted molar refractivity (Wildman–Crippen MR) is 108 cm³/mol. The molecule has 0 saturated carbocycles. The zero-order valence-electron chi connectivity index (χ0n) is 18.4. The maximum absolute atomic E-state index is 12.5. The Morgan fingerprint density at radius 3 is 2.36 bits per heavy atom. The van der Waals surface area contributed by atoms with Gasteiger partial charge >= 0.3 is 5.97 Å². The van der Waals surface area contributed by atoms with Crippen molar-refractivity contribution in [3.63, 3.8) is 0 Å². The lowest BCUT2D eigenvalue weighted by molar-refractivity contribution is -0.212. The average Bonchev–Trinajstić information content (AvgIpc) is 2.58. The van der Waals surface area contributed by atoms with Crippen molar-refractivity contribution in [3.8, 4) is 0 Å². The highest BCUT2D eigenvalue weighted by atomic mass is 16.6. The Morgan fingerprint density at radius 1 is 1.18 bits per heavy atom. The molecule has 0 aromatic carbocycles. The van der Waals surface area contributed by atoms with Crippen molar-refractivity contribution in [1.29, 1.82) is 0 Å². The largest absolute Gasteiger partial charge is 0.460 e. The maximum Gasteiger partial charge on any atom is 0.309 e. The SMILES string of the molecule is CC(C)CC(CCCCNC1OC(CO)C(O)C(O)C1C)C(=O)OC(C)(C)C. The van der Waals surface area contributed by atoms with Gasteiger partial charge in [0.05, 0.1) is 18.6 Å². The van der Waals surface area contributed by atoms with Gasteiger partial charge < -0.3 is 24.8 Å². The molecule has 7 heteroatoms. The van der Waals surface area contributed by atoms with Crippen LogP contribution < -0.4 is 5.32 Å². The number of carbonyl (C=O) groups is 1. The summed E-state index contributed by atoms with van der Waals surface area (Å²) in [7, 11) is 0. The summed E-state index contributed by atoms with van der Waals surface area (Å²) in [6.45, 7) is 12.0. The molecule has 6 atom stereocenters. The predicted octanol–water partition coefficient (Wildman–Crippen LogP) is 1.83. The number of aliphatic hydroxyl groups excluding tert-OH is 3. The quantitative estimate of drug-likeness (QED) is 0.325. The van der Waals surface area contributed by atoms with Gasteiger partial charge in [-0.15, -0.1) is 0 Å². The van der Waals surface area contributed by atoms with E-state index >= 15 is 0 Å². The first kappa shape index (κ1) is 25.3. The summed E-state index contributed by atoms with van der Waals surface area (Å²) in [5.41, 5.74) is -0.475. The number of hydrogen-bond acceptors (Lipinski definition) is 7. The van der Waals surface area contributed by atoms with Crippen LogP contribution in [0.5, 0.6) is 0 Å². The van der Waals surface area contributed by atoms with Gasteiger partial charge in [0.1, 0.15) is 24.0 Å². The van der Waals surface area contributed by atoms with E-state index in [1.54, 1.807) is 6.92 Å². The minimum atomic E-state index is -1.08. The first-order valence-electron chi connectivity index (χ1n) is 10.5. The third-order valence-electron chi connectivity index (χ3n) is 5.07. The van der Waals surface area contributed by atoms with Crippen LogP contribution in [0.3, 0.4) is 0 Å². The molecule has 0 radical (unpaired) electrons. The van der Waals surface area contributed by atoms with Crippen LogP contribution in [0.1, 0.15) is 67.2 Å². The third-order valence-corrected chi connectivity index (χ3v) is 5.07. The number of nitrogens with one attached hydrogen (secondary N) is 1. The molecule has 0 aromatic heterocycles. The topological polar surface area (TPSA) is 108 Å². The van der Waals surface area contributed by atoms with Gasteiger partial charge in [0.15, 0.2) is 0 Å². The fraction of sp³-hybridized carbons (Fsp3) is 0.952. The van der Waals surface area contributed by atoms with E-state index in [4.69, 9.17) is 9.47 Å². The minimum absolute atomic E-state index is 0.0974. The highest BCUT2D eigenvalue weighted by molar-refractivity contribution is 5.72. The van der Waals surface area contributed by atoms with Gasteiger partial charge in [0.2, 0.25) is 0 Å². The van der Waals surface area contributed by atoms with Crippen LogP contribution in [-0.2, 0) is 14.3 Å². The van der Waals surface area contributed by atoms with Crippen LogP contribution in [0.4, 0.5) is 0 Å². The van der Waals surface area contributed by atoms with E-state index in [0.717, 1.165) is 25.7 Å². The van der Waals surface area contributed by atoms with Crippen LogP contribution in [0, 0.1) is 17.8 Å². The van der Waals surface area contributed by atoms with Gasteiger partial charge in [-0.25, -0.2) is 0 Å². The van der Waals surface area contributed by atoms with Gasteiger partial charge in [-0.05, 0) is 52.5 Å². The fourth-order valence-corrected chi connectivity index (χ4v) is 3.53. The number of hydrogen-bond donors (Lipinski definition) is 4. The van der Waals surface area contributed by atoms with Crippen molar-refractivity contribution in [3.05, 3.63) is 0 Å². The van der Waals surface area contributed by atoms with Gasteiger partial charge in [-0.1, -0.05) is 27.2 Å². The second-order valence-corrected chi connectivity index (χ2v) is 9.43. The minimum Gasteiger partial charge on any atom is -0.460 e. The Hall–Kier alpha value is -0.730. The molecule has 0 aromatic rings. The number of ether oxygens (including phenoxy) is 2. The van der Waals surface area contributed by atoms with Crippen LogP contribution in [0.25, 0.3) is 0 Å². The Kier molecular flexibility index (Phi) is 10.4. The van der Waals surface area contributed by atoms with Gasteiger partial charge in [0.25, 0.3) is 0 Å². The summed E-state index contributed by atoms with van der Waals surface area (Å²) in [6, 6.07) is 0. The normalized spacial score (nSPS) is 29.7. The number of carbonyl (C=O) groups excluding carboxylic acids is 1.